The van der Waals surface area contributed by atoms with E-state index in [1.54, 1.807) is 0 Å². The number of nitrogens with one attached hydrogen (secondary N) is 1. The van der Waals surface area contributed by atoms with Gasteiger partial charge in [0, 0.05) is 6.54 Å². The molecule has 1 amide bonds. The maximum absolute atomic E-state index is 11.3. The van der Waals surface area contributed by atoms with Crippen LogP contribution in [-0.2, 0) is 4.74 Å². The van der Waals surface area contributed by atoms with E-state index in [-0.39, 0.29) is 6.09 Å². The average molecular weight is 213 g/mol. The Bertz CT molecular complexity index is 202. The molecule has 3 nitrogen and oxygen atoms in total. The lowest BCUT2D eigenvalue weighted by atomic mass is 10.0. The Morgan fingerprint density at radius 1 is 1.33 bits per heavy atom. The molecule has 0 aromatic rings. The van der Waals surface area contributed by atoms with E-state index in [0.29, 0.717) is 0 Å². The molecule has 0 radical (unpaired) electrons. The summed E-state index contributed by atoms with van der Waals surface area (Å²) in [6, 6.07) is 0. The number of carbonyl (C=O) groups excluding carboxylic acids is 1. The molecule has 0 aliphatic heterocycles. The van der Waals surface area contributed by atoms with Gasteiger partial charge in [-0.3, -0.25) is 0 Å². The fourth-order valence-corrected chi connectivity index (χ4v) is 1.99. The topological polar surface area (TPSA) is 38.3 Å². The predicted octanol–water partition coefficient (Wildman–Crippen LogP) is 3.09. The van der Waals surface area contributed by atoms with Crippen LogP contribution in [0.3, 0.4) is 0 Å². The van der Waals surface area contributed by atoms with Gasteiger partial charge >= 0.3 is 6.09 Å². The van der Waals surface area contributed by atoms with Gasteiger partial charge in [0.1, 0.15) is 5.60 Å². The summed E-state index contributed by atoms with van der Waals surface area (Å²) in [5.41, 5.74) is -0.391. The van der Waals surface area contributed by atoms with Crippen molar-refractivity contribution in [3.05, 3.63) is 0 Å². The van der Waals surface area contributed by atoms with Crippen LogP contribution < -0.4 is 5.32 Å². The van der Waals surface area contributed by atoms with E-state index >= 15 is 0 Å². The first-order valence-corrected chi connectivity index (χ1v) is 5.94. The SMILES string of the molecule is CC(C)(C)OC(=O)NCCC1CCCC1. The Hall–Kier alpha value is -0.730. The van der Waals surface area contributed by atoms with E-state index < -0.39 is 5.60 Å². The van der Waals surface area contributed by atoms with Gasteiger partial charge in [-0.15, -0.1) is 0 Å². The molecule has 1 fully saturated rings. The third kappa shape index (κ3) is 5.65. The van der Waals surface area contributed by atoms with Crippen molar-refractivity contribution in [3.63, 3.8) is 0 Å². The van der Waals surface area contributed by atoms with Crippen molar-refractivity contribution in [2.24, 2.45) is 5.92 Å². The molecule has 0 saturated heterocycles. The van der Waals surface area contributed by atoms with Gasteiger partial charge in [-0.25, -0.2) is 4.79 Å². The first-order valence-electron chi connectivity index (χ1n) is 5.94. The normalized spacial score (nSPS) is 17.8. The molecule has 1 N–H and O–H groups in total. The van der Waals surface area contributed by atoms with Crippen molar-refractivity contribution in [1.82, 2.24) is 5.32 Å². The van der Waals surface area contributed by atoms with Gasteiger partial charge in [0.2, 0.25) is 0 Å². The van der Waals surface area contributed by atoms with Gasteiger partial charge in [-0.1, -0.05) is 25.7 Å². The summed E-state index contributed by atoms with van der Waals surface area (Å²) < 4.78 is 5.15. The monoisotopic (exact) mass is 213 g/mol. The van der Waals surface area contributed by atoms with Crippen LogP contribution in [-0.4, -0.2) is 18.2 Å². The highest BCUT2D eigenvalue weighted by atomic mass is 16.6. The van der Waals surface area contributed by atoms with Crippen molar-refractivity contribution in [1.29, 1.82) is 0 Å². The summed E-state index contributed by atoms with van der Waals surface area (Å²) in [4.78, 5) is 11.3. The van der Waals surface area contributed by atoms with Crippen LogP contribution in [0.25, 0.3) is 0 Å². The molecule has 1 rings (SSSR count). The molecule has 1 saturated carbocycles. The lowest BCUT2D eigenvalue weighted by Gasteiger charge is -2.20. The van der Waals surface area contributed by atoms with Crippen molar-refractivity contribution in [2.45, 2.75) is 58.5 Å². The first kappa shape index (κ1) is 12.3. The van der Waals surface area contributed by atoms with Crippen LogP contribution in [0.15, 0.2) is 0 Å². The van der Waals surface area contributed by atoms with Gasteiger partial charge in [-0.05, 0) is 33.1 Å². The largest absolute Gasteiger partial charge is 0.444 e. The first-order chi connectivity index (χ1) is 6.97. The second-order valence-electron chi connectivity index (χ2n) is 5.37. The molecular weight excluding hydrogens is 190 g/mol. The van der Waals surface area contributed by atoms with Crippen molar-refractivity contribution < 1.29 is 9.53 Å². The molecule has 0 heterocycles. The van der Waals surface area contributed by atoms with Crippen LogP contribution in [0.4, 0.5) is 4.79 Å². The van der Waals surface area contributed by atoms with Gasteiger partial charge < -0.3 is 10.1 Å². The molecule has 88 valence electrons. The van der Waals surface area contributed by atoms with E-state index in [1.165, 1.54) is 25.7 Å². The van der Waals surface area contributed by atoms with E-state index in [0.717, 1.165) is 18.9 Å². The summed E-state index contributed by atoms with van der Waals surface area (Å²) in [5.74, 6) is 0.819. The van der Waals surface area contributed by atoms with Crippen LogP contribution >= 0.6 is 0 Å². The molecule has 0 aromatic heterocycles. The minimum atomic E-state index is -0.391. The predicted molar refractivity (Wildman–Crippen MR) is 60.8 cm³/mol. The molecule has 0 bridgehead atoms. The minimum Gasteiger partial charge on any atom is -0.444 e. The second kappa shape index (κ2) is 5.38. The number of carbonyl (C=O) groups is 1. The highest BCUT2D eigenvalue weighted by Gasteiger charge is 2.17. The second-order valence-corrected chi connectivity index (χ2v) is 5.37. The summed E-state index contributed by atoms with van der Waals surface area (Å²) in [6.07, 6.45) is 6.18. The average Bonchev–Trinajstić information content (AvgIpc) is 2.53. The molecular formula is C12H23NO2. The van der Waals surface area contributed by atoms with Crippen molar-refractivity contribution in [3.8, 4) is 0 Å². The van der Waals surface area contributed by atoms with Gasteiger partial charge in [0.05, 0.1) is 0 Å². The fraction of sp³-hybridized carbons (Fsp3) is 0.917. The van der Waals surface area contributed by atoms with E-state index in [2.05, 4.69) is 5.32 Å². The Morgan fingerprint density at radius 3 is 2.47 bits per heavy atom. The molecule has 1 aliphatic rings. The zero-order valence-corrected chi connectivity index (χ0v) is 10.1. The molecule has 0 unspecified atom stereocenters. The number of hydrogen-bond donors (Lipinski definition) is 1. The van der Waals surface area contributed by atoms with E-state index in [4.69, 9.17) is 4.74 Å². The van der Waals surface area contributed by atoms with Crippen LogP contribution in [0, 0.1) is 5.92 Å². The summed E-state index contributed by atoms with van der Waals surface area (Å²) >= 11 is 0. The molecule has 0 aromatic carbocycles. The highest BCUT2D eigenvalue weighted by molar-refractivity contribution is 5.67. The third-order valence-electron chi connectivity index (χ3n) is 2.70. The van der Waals surface area contributed by atoms with Gasteiger partial charge in [0.25, 0.3) is 0 Å². The number of hydrogen-bond acceptors (Lipinski definition) is 2. The molecule has 1 aliphatic carbocycles. The van der Waals surface area contributed by atoms with E-state index in [1.807, 2.05) is 20.8 Å². The standard InChI is InChI=1S/C12H23NO2/c1-12(2,3)15-11(14)13-9-8-10-6-4-5-7-10/h10H,4-9H2,1-3H3,(H,13,14). The molecule has 3 heteroatoms. The van der Waals surface area contributed by atoms with Crippen molar-refractivity contribution >= 4 is 6.09 Å². The molecule has 0 atom stereocenters. The summed E-state index contributed by atoms with van der Waals surface area (Å²) in [6.45, 7) is 6.39. The number of amides is 1. The van der Waals surface area contributed by atoms with E-state index in [9.17, 15) is 4.79 Å². The fourth-order valence-electron chi connectivity index (χ4n) is 1.99. The Kier molecular flexibility index (Phi) is 4.43. The maximum atomic E-state index is 11.3. The highest BCUT2D eigenvalue weighted by Crippen LogP contribution is 2.26. The lowest BCUT2D eigenvalue weighted by Crippen LogP contribution is -2.33. The summed E-state index contributed by atoms with van der Waals surface area (Å²) in [5, 5.41) is 2.80. The van der Waals surface area contributed by atoms with Crippen LogP contribution in [0.1, 0.15) is 52.9 Å². The van der Waals surface area contributed by atoms with Crippen molar-refractivity contribution in [2.75, 3.05) is 6.54 Å². The quantitative estimate of drug-likeness (QED) is 0.782. The summed E-state index contributed by atoms with van der Waals surface area (Å²) in [7, 11) is 0. The maximum Gasteiger partial charge on any atom is 0.407 e. The number of alkyl carbamates (subject to hydrolysis) is 1. The third-order valence-corrected chi connectivity index (χ3v) is 2.70. The van der Waals surface area contributed by atoms with Crippen LogP contribution in [0.5, 0.6) is 0 Å². The molecule has 0 spiro atoms. The smallest absolute Gasteiger partial charge is 0.407 e. The zero-order chi connectivity index (χ0) is 11.3. The van der Waals surface area contributed by atoms with Gasteiger partial charge in [-0.2, -0.15) is 0 Å². The van der Waals surface area contributed by atoms with Crippen LogP contribution in [0.2, 0.25) is 0 Å². The Morgan fingerprint density at radius 2 is 1.93 bits per heavy atom. The number of ether oxygens (including phenoxy) is 1. The Balaban J connectivity index is 2.06. The minimum absolute atomic E-state index is 0.291. The number of rotatable bonds is 3. The lowest BCUT2D eigenvalue weighted by molar-refractivity contribution is 0.0525. The van der Waals surface area contributed by atoms with Gasteiger partial charge in [0.15, 0.2) is 0 Å². The Labute approximate surface area is 92.6 Å². The zero-order valence-electron chi connectivity index (χ0n) is 10.1. The molecule has 15 heavy (non-hydrogen) atoms.